The summed E-state index contributed by atoms with van der Waals surface area (Å²) in [5, 5.41) is 4.53. The van der Waals surface area contributed by atoms with E-state index in [2.05, 4.69) is 53.9 Å². The normalized spacial score (nSPS) is 18.7. The highest BCUT2D eigenvalue weighted by atomic mass is 32.1. The number of aromatic nitrogens is 1. The second kappa shape index (κ2) is 7.70. The molecular formula is C22H31N3OS. The predicted octanol–water partition coefficient (Wildman–Crippen LogP) is 5.44. The number of nitrogens with one attached hydrogen (secondary N) is 1. The summed E-state index contributed by atoms with van der Waals surface area (Å²) in [5.41, 5.74) is 4.16. The molecule has 0 radical (unpaired) electrons. The van der Waals surface area contributed by atoms with Gasteiger partial charge in [0.25, 0.3) is 0 Å². The van der Waals surface area contributed by atoms with Crippen molar-refractivity contribution in [3.05, 3.63) is 40.0 Å². The summed E-state index contributed by atoms with van der Waals surface area (Å²) in [7, 11) is 0. The first-order valence-electron chi connectivity index (χ1n) is 10.5. The fourth-order valence-corrected chi connectivity index (χ4v) is 5.88. The number of thiophene rings is 1. The summed E-state index contributed by atoms with van der Waals surface area (Å²) in [6.45, 7) is 8.06. The van der Waals surface area contributed by atoms with Gasteiger partial charge in [0.15, 0.2) is 0 Å². The number of carbonyl (C=O) groups is 1. The van der Waals surface area contributed by atoms with Crippen LogP contribution in [-0.2, 0) is 19.4 Å². The highest BCUT2D eigenvalue weighted by Gasteiger charge is 2.34. The Morgan fingerprint density at radius 3 is 2.89 bits per heavy atom. The molecule has 4 rings (SSSR count). The van der Waals surface area contributed by atoms with Crippen LogP contribution >= 0.6 is 11.3 Å². The van der Waals surface area contributed by atoms with Crippen molar-refractivity contribution >= 4 is 17.4 Å². The van der Waals surface area contributed by atoms with Gasteiger partial charge in [0.2, 0.25) is 0 Å². The summed E-state index contributed by atoms with van der Waals surface area (Å²) in [6, 6.07) is 4.52. The maximum Gasteiger partial charge on any atom is 0.318 e. The van der Waals surface area contributed by atoms with E-state index in [4.69, 9.17) is 0 Å². The second-order valence-electron chi connectivity index (χ2n) is 8.26. The molecule has 0 bridgehead atoms. The summed E-state index contributed by atoms with van der Waals surface area (Å²) >= 11 is 1.95. The SMILES string of the molecule is CC[C@@H]1c2cccn2-c2sc3c(c2CN1C(=O)NCCC(C)C)CCCC3. The van der Waals surface area contributed by atoms with Gasteiger partial charge in [-0.1, -0.05) is 20.8 Å². The summed E-state index contributed by atoms with van der Waals surface area (Å²) < 4.78 is 2.36. The van der Waals surface area contributed by atoms with Crippen LogP contribution in [0, 0.1) is 5.92 Å². The molecule has 0 saturated carbocycles. The molecule has 2 aliphatic rings. The molecule has 1 atom stereocenters. The number of aryl methyl sites for hydroxylation is 1. The van der Waals surface area contributed by atoms with Crippen LogP contribution in [0.3, 0.4) is 0 Å². The lowest BCUT2D eigenvalue weighted by molar-refractivity contribution is 0.167. The van der Waals surface area contributed by atoms with E-state index in [-0.39, 0.29) is 12.1 Å². The minimum atomic E-state index is 0.0823. The zero-order chi connectivity index (χ0) is 19.0. The molecule has 2 aromatic heterocycles. The molecule has 5 heteroatoms. The number of rotatable bonds is 4. The molecule has 146 valence electrons. The summed E-state index contributed by atoms with van der Waals surface area (Å²) in [5.74, 6) is 0.601. The lowest BCUT2D eigenvalue weighted by Crippen LogP contribution is -2.42. The Hall–Kier alpha value is -1.75. The maximum atomic E-state index is 13.1. The Morgan fingerprint density at radius 1 is 1.30 bits per heavy atom. The molecule has 0 saturated heterocycles. The molecule has 1 N–H and O–H groups in total. The first-order valence-corrected chi connectivity index (χ1v) is 11.3. The quantitative estimate of drug-likeness (QED) is 0.747. The highest BCUT2D eigenvalue weighted by Crippen LogP contribution is 2.42. The second-order valence-corrected chi connectivity index (χ2v) is 9.35. The predicted molar refractivity (Wildman–Crippen MR) is 112 cm³/mol. The van der Waals surface area contributed by atoms with Crippen molar-refractivity contribution in [1.82, 2.24) is 14.8 Å². The number of hydrogen-bond donors (Lipinski definition) is 1. The Bertz CT molecular complexity index is 820. The molecule has 3 heterocycles. The van der Waals surface area contributed by atoms with Crippen LogP contribution in [-0.4, -0.2) is 22.0 Å². The zero-order valence-corrected chi connectivity index (χ0v) is 17.6. The van der Waals surface area contributed by atoms with Gasteiger partial charge < -0.3 is 14.8 Å². The molecule has 0 spiro atoms. The minimum absolute atomic E-state index is 0.0823. The van der Waals surface area contributed by atoms with E-state index in [1.165, 1.54) is 41.1 Å². The van der Waals surface area contributed by atoms with Gasteiger partial charge in [0.05, 0.1) is 12.6 Å². The van der Waals surface area contributed by atoms with E-state index < -0.39 is 0 Å². The van der Waals surface area contributed by atoms with Gasteiger partial charge in [0.1, 0.15) is 5.00 Å². The van der Waals surface area contributed by atoms with Gasteiger partial charge >= 0.3 is 6.03 Å². The number of fused-ring (bicyclic) bond motifs is 5. The smallest absolute Gasteiger partial charge is 0.318 e. The van der Waals surface area contributed by atoms with Crippen molar-refractivity contribution in [2.45, 2.75) is 71.9 Å². The van der Waals surface area contributed by atoms with E-state index in [9.17, 15) is 4.79 Å². The fraction of sp³-hybridized carbons (Fsp3) is 0.591. The number of carbonyl (C=O) groups excluding carboxylic acids is 1. The van der Waals surface area contributed by atoms with Gasteiger partial charge in [0, 0.05) is 28.9 Å². The highest BCUT2D eigenvalue weighted by molar-refractivity contribution is 7.15. The summed E-state index contributed by atoms with van der Waals surface area (Å²) in [4.78, 5) is 16.8. The van der Waals surface area contributed by atoms with E-state index in [0.717, 1.165) is 32.4 Å². The van der Waals surface area contributed by atoms with Crippen LogP contribution in [0.1, 0.15) is 74.2 Å². The molecule has 0 fully saturated rings. The number of amides is 2. The van der Waals surface area contributed by atoms with E-state index >= 15 is 0 Å². The number of nitrogens with zero attached hydrogens (tertiary/aromatic N) is 2. The zero-order valence-electron chi connectivity index (χ0n) is 16.8. The third-order valence-electron chi connectivity index (χ3n) is 5.95. The number of urea groups is 1. The van der Waals surface area contributed by atoms with Crippen molar-refractivity contribution in [2.24, 2.45) is 5.92 Å². The summed E-state index contributed by atoms with van der Waals surface area (Å²) in [6.07, 6.45) is 9.05. The monoisotopic (exact) mass is 385 g/mol. The maximum absolute atomic E-state index is 13.1. The molecule has 0 unspecified atom stereocenters. The van der Waals surface area contributed by atoms with Crippen LogP contribution in [0.15, 0.2) is 18.3 Å². The van der Waals surface area contributed by atoms with E-state index in [0.29, 0.717) is 5.92 Å². The van der Waals surface area contributed by atoms with Crippen molar-refractivity contribution in [1.29, 1.82) is 0 Å². The molecule has 0 aromatic carbocycles. The van der Waals surface area contributed by atoms with Gasteiger partial charge in [-0.15, -0.1) is 11.3 Å². The van der Waals surface area contributed by atoms with Gasteiger partial charge in [-0.2, -0.15) is 0 Å². The van der Waals surface area contributed by atoms with Crippen LogP contribution in [0.5, 0.6) is 0 Å². The third kappa shape index (κ3) is 3.42. The molecule has 2 amide bonds. The first-order chi connectivity index (χ1) is 13.1. The Kier molecular flexibility index (Phi) is 5.31. The van der Waals surface area contributed by atoms with Crippen LogP contribution in [0.25, 0.3) is 5.00 Å². The van der Waals surface area contributed by atoms with Gasteiger partial charge in [-0.3, -0.25) is 0 Å². The lowest BCUT2D eigenvalue weighted by atomic mass is 9.95. The first kappa shape index (κ1) is 18.6. The van der Waals surface area contributed by atoms with Crippen LogP contribution < -0.4 is 5.32 Å². The average Bonchev–Trinajstić information content (AvgIpc) is 3.23. The molecule has 1 aliphatic heterocycles. The van der Waals surface area contributed by atoms with Crippen molar-refractivity contribution < 1.29 is 4.79 Å². The van der Waals surface area contributed by atoms with Crippen LogP contribution in [0.4, 0.5) is 4.79 Å². The van der Waals surface area contributed by atoms with Crippen LogP contribution in [0.2, 0.25) is 0 Å². The topological polar surface area (TPSA) is 37.3 Å². The van der Waals surface area contributed by atoms with Gasteiger partial charge in [-0.05, 0) is 62.1 Å². The van der Waals surface area contributed by atoms with Crippen molar-refractivity contribution in [3.63, 3.8) is 0 Å². The number of hydrogen-bond acceptors (Lipinski definition) is 2. The Labute approximate surface area is 166 Å². The minimum Gasteiger partial charge on any atom is -0.338 e. The Morgan fingerprint density at radius 2 is 2.11 bits per heavy atom. The standard InChI is InChI=1S/C22H31N3OS/c1-4-18-19-9-7-13-24(19)21-17(16-8-5-6-10-20(16)27-21)14-25(18)22(26)23-12-11-15(2)3/h7,9,13,15,18H,4-6,8,10-12,14H2,1-3H3,(H,23,26)/t18-/m1/s1. The fourth-order valence-electron chi connectivity index (χ4n) is 4.48. The third-order valence-corrected chi connectivity index (χ3v) is 7.28. The molecular weight excluding hydrogens is 354 g/mol. The van der Waals surface area contributed by atoms with Gasteiger partial charge in [-0.25, -0.2) is 4.79 Å². The molecule has 2 aromatic rings. The molecule has 4 nitrogen and oxygen atoms in total. The lowest BCUT2D eigenvalue weighted by Gasteiger charge is -2.30. The Balaban J connectivity index is 1.71. The van der Waals surface area contributed by atoms with E-state index in [1.807, 2.05) is 11.3 Å². The molecule has 27 heavy (non-hydrogen) atoms. The molecule has 1 aliphatic carbocycles. The van der Waals surface area contributed by atoms with Crippen molar-refractivity contribution in [3.8, 4) is 5.00 Å². The average molecular weight is 386 g/mol. The largest absolute Gasteiger partial charge is 0.338 e. The van der Waals surface area contributed by atoms with Crippen molar-refractivity contribution in [2.75, 3.05) is 6.54 Å². The van der Waals surface area contributed by atoms with E-state index in [1.54, 1.807) is 4.88 Å².